The molecule has 1 saturated carbocycles. The van der Waals surface area contributed by atoms with Gasteiger partial charge in [-0.05, 0) is 43.9 Å². The number of amides is 1. The van der Waals surface area contributed by atoms with Gasteiger partial charge in [-0.3, -0.25) is 4.79 Å². The van der Waals surface area contributed by atoms with Gasteiger partial charge in [0.05, 0.1) is 11.0 Å². The van der Waals surface area contributed by atoms with E-state index >= 15 is 0 Å². The molecule has 0 spiro atoms. The van der Waals surface area contributed by atoms with E-state index in [4.69, 9.17) is 0 Å². The number of halogens is 1. The van der Waals surface area contributed by atoms with E-state index in [0.717, 1.165) is 30.6 Å². The van der Waals surface area contributed by atoms with Crippen molar-refractivity contribution in [2.75, 3.05) is 0 Å². The summed E-state index contributed by atoms with van der Waals surface area (Å²) in [4.78, 5) is 13.6. The van der Waals surface area contributed by atoms with Crippen molar-refractivity contribution in [1.82, 2.24) is 5.32 Å². The van der Waals surface area contributed by atoms with Crippen LogP contribution in [0.25, 0.3) is 10.4 Å². The van der Waals surface area contributed by atoms with Crippen LogP contribution in [0.2, 0.25) is 0 Å². The van der Waals surface area contributed by atoms with E-state index in [1.807, 2.05) is 0 Å². The zero-order chi connectivity index (χ0) is 15.5. The topological polar surface area (TPSA) is 49.3 Å². The van der Waals surface area contributed by atoms with E-state index in [1.165, 1.54) is 17.4 Å². The molecule has 3 rings (SSSR count). The second-order valence-corrected chi connectivity index (χ2v) is 6.71. The Morgan fingerprint density at radius 1 is 1.14 bits per heavy atom. The fourth-order valence-electron chi connectivity index (χ4n) is 2.74. The third-order valence-electron chi connectivity index (χ3n) is 4.00. The minimum atomic E-state index is -0.280. The van der Waals surface area contributed by atoms with Crippen LogP contribution >= 0.6 is 11.3 Å². The Kier molecular flexibility index (Phi) is 4.55. The van der Waals surface area contributed by atoms with Crippen molar-refractivity contribution < 1.29 is 14.3 Å². The molecule has 0 atom stereocenters. The molecule has 0 aliphatic heterocycles. The van der Waals surface area contributed by atoms with E-state index in [9.17, 15) is 14.3 Å². The van der Waals surface area contributed by atoms with Crippen molar-refractivity contribution in [2.45, 2.75) is 37.8 Å². The summed E-state index contributed by atoms with van der Waals surface area (Å²) < 4.78 is 13.8. The number of nitrogens with one attached hydrogen (secondary N) is 1. The Morgan fingerprint density at radius 2 is 1.86 bits per heavy atom. The Bertz CT molecular complexity index is 662. The lowest BCUT2D eigenvalue weighted by molar-refractivity contribution is 0.0871. The monoisotopic (exact) mass is 319 g/mol. The third-order valence-corrected chi connectivity index (χ3v) is 5.12. The van der Waals surface area contributed by atoms with Gasteiger partial charge in [-0.25, -0.2) is 4.39 Å². The zero-order valence-electron chi connectivity index (χ0n) is 12.1. The maximum atomic E-state index is 13.8. The predicted octanol–water partition coefficient (Wildman–Crippen LogP) is 3.59. The van der Waals surface area contributed by atoms with Gasteiger partial charge in [-0.1, -0.05) is 18.2 Å². The summed E-state index contributed by atoms with van der Waals surface area (Å²) in [7, 11) is 0. The SMILES string of the molecule is O=C(NC1CCC(O)CC1)c1ccc(-c2ccccc2F)s1. The molecule has 1 amide bonds. The molecule has 116 valence electrons. The molecule has 1 aromatic carbocycles. The van der Waals surface area contributed by atoms with Gasteiger partial charge < -0.3 is 10.4 Å². The molecule has 2 aromatic rings. The molecule has 2 N–H and O–H groups in total. The summed E-state index contributed by atoms with van der Waals surface area (Å²) in [6, 6.07) is 10.2. The van der Waals surface area contributed by atoms with Crippen molar-refractivity contribution in [3.63, 3.8) is 0 Å². The van der Waals surface area contributed by atoms with E-state index in [1.54, 1.807) is 30.3 Å². The number of benzene rings is 1. The highest BCUT2D eigenvalue weighted by molar-refractivity contribution is 7.17. The maximum Gasteiger partial charge on any atom is 0.261 e. The summed E-state index contributed by atoms with van der Waals surface area (Å²) in [6.45, 7) is 0. The highest BCUT2D eigenvalue weighted by atomic mass is 32.1. The molecule has 0 unspecified atom stereocenters. The highest BCUT2D eigenvalue weighted by Gasteiger charge is 2.22. The minimum Gasteiger partial charge on any atom is -0.393 e. The molecule has 1 aliphatic rings. The quantitative estimate of drug-likeness (QED) is 0.908. The standard InChI is InChI=1S/C17H18FNO2S/c18-14-4-2-1-3-13(14)15-9-10-16(22-15)17(21)19-11-5-7-12(20)8-6-11/h1-4,9-12,20H,5-8H2,(H,19,21). The molecular weight excluding hydrogens is 301 g/mol. The van der Waals surface area contributed by atoms with Crippen LogP contribution in [0, 0.1) is 5.82 Å². The normalized spacial score (nSPS) is 21.5. The Balaban J connectivity index is 1.68. The molecule has 3 nitrogen and oxygen atoms in total. The number of carbonyl (C=O) groups is 1. The first-order chi connectivity index (χ1) is 10.6. The van der Waals surface area contributed by atoms with Crippen LogP contribution in [0.4, 0.5) is 4.39 Å². The van der Waals surface area contributed by atoms with Crippen molar-refractivity contribution >= 4 is 17.2 Å². The summed E-state index contributed by atoms with van der Waals surface area (Å²) in [5.74, 6) is -0.397. The number of hydrogen-bond donors (Lipinski definition) is 2. The molecule has 1 fully saturated rings. The smallest absolute Gasteiger partial charge is 0.261 e. The van der Waals surface area contributed by atoms with Crippen LogP contribution in [0.15, 0.2) is 36.4 Å². The number of carbonyl (C=O) groups excluding carboxylic acids is 1. The molecule has 1 heterocycles. The zero-order valence-corrected chi connectivity index (χ0v) is 12.9. The van der Waals surface area contributed by atoms with E-state index in [2.05, 4.69) is 5.32 Å². The van der Waals surface area contributed by atoms with Gasteiger partial charge in [0.25, 0.3) is 5.91 Å². The third kappa shape index (κ3) is 3.36. The Morgan fingerprint density at radius 3 is 2.59 bits per heavy atom. The summed E-state index contributed by atoms with van der Waals surface area (Å²) in [5.41, 5.74) is 0.521. The van der Waals surface area contributed by atoms with Crippen LogP contribution in [-0.2, 0) is 0 Å². The van der Waals surface area contributed by atoms with Crippen molar-refractivity contribution in [3.8, 4) is 10.4 Å². The fourth-order valence-corrected chi connectivity index (χ4v) is 3.68. The highest BCUT2D eigenvalue weighted by Crippen LogP contribution is 2.30. The fraction of sp³-hybridized carbons (Fsp3) is 0.353. The van der Waals surface area contributed by atoms with Gasteiger partial charge in [0, 0.05) is 16.5 Å². The van der Waals surface area contributed by atoms with E-state index < -0.39 is 0 Å². The van der Waals surface area contributed by atoms with Crippen molar-refractivity contribution in [2.24, 2.45) is 0 Å². The molecular formula is C17H18FNO2S. The molecule has 1 aromatic heterocycles. The number of rotatable bonds is 3. The Labute approximate surface area is 132 Å². The lowest BCUT2D eigenvalue weighted by atomic mass is 9.93. The van der Waals surface area contributed by atoms with Gasteiger partial charge >= 0.3 is 0 Å². The van der Waals surface area contributed by atoms with Gasteiger partial charge in [-0.15, -0.1) is 11.3 Å². The first-order valence-corrected chi connectivity index (χ1v) is 8.29. The van der Waals surface area contributed by atoms with E-state index in [0.29, 0.717) is 10.4 Å². The van der Waals surface area contributed by atoms with Gasteiger partial charge in [0.2, 0.25) is 0 Å². The molecule has 1 aliphatic carbocycles. The van der Waals surface area contributed by atoms with Gasteiger partial charge in [-0.2, -0.15) is 0 Å². The second-order valence-electron chi connectivity index (χ2n) is 5.62. The average Bonchev–Trinajstić information content (AvgIpc) is 3.00. The van der Waals surface area contributed by atoms with Gasteiger partial charge in [0.15, 0.2) is 0 Å². The van der Waals surface area contributed by atoms with Gasteiger partial charge in [0.1, 0.15) is 5.82 Å². The first-order valence-electron chi connectivity index (χ1n) is 7.47. The van der Waals surface area contributed by atoms with E-state index in [-0.39, 0.29) is 23.9 Å². The molecule has 0 saturated heterocycles. The predicted molar refractivity (Wildman–Crippen MR) is 85.4 cm³/mol. The summed E-state index contributed by atoms with van der Waals surface area (Å²) >= 11 is 1.30. The van der Waals surface area contributed by atoms with Crippen LogP contribution < -0.4 is 5.32 Å². The molecule has 22 heavy (non-hydrogen) atoms. The molecule has 5 heteroatoms. The van der Waals surface area contributed by atoms with Crippen LogP contribution in [-0.4, -0.2) is 23.2 Å². The first kappa shape index (κ1) is 15.2. The lowest BCUT2D eigenvalue weighted by Gasteiger charge is -2.25. The number of hydrogen-bond acceptors (Lipinski definition) is 3. The lowest BCUT2D eigenvalue weighted by Crippen LogP contribution is -2.38. The number of aliphatic hydroxyl groups excluding tert-OH is 1. The molecule has 0 radical (unpaired) electrons. The van der Waals surface area contributed by atoms with Crippen molar-refractivity contribution in [3.05, 3.63) is 47.1 Å². The van der Waals surface area contributed by atoms with Crippen LogP contribution in [0.5, 0.6) is 0 Å². The Hall–Kier alpha value is -1.72. The molecule has 0 bridgehead atoms. The number of thiophene rings is 1. The maximum absolute atomic E-state index is 13.8. The second kappa shape index (κ2) is 6.58. The average molecular weight is 319 g/mol. The largest absolute Gasteiger partial charge is 0.393 e. The summed E-state index contributed by atoms with van der Waals surface area (Å²) in [6.07, 6.45) is 2.84. The number of aliphatic hydroxyl groups is 1. The van der Waals surface area contributed by atoms with Crippen molar-refractivity contribution in [1.29, 1.82) is 0 Å². The minimum absolute atomic E-state index is 0.117. The van der Waals surface area contributed by atoms with Crippen LogP contribution in [0.3, 0.4) is 0 Å². The summed E-state index contributed by atoms with van der Waals surface area (Å²) in [5, 5.41) is 12.5. The van der Waals surface area contributed by atoms with Crippen LogP contribution in [0.1, 0.15) is 35.4 Å².